The van der Waals surface area contributed by atoms with Crippen molar-refractivity contribution in [3.63, 3.8) is 0 Å². The van der Waals surface area contributed by atoms with Crippen molar-refractivity contribution < 1.29 is 4.79 Å². The lowest BCUT2D eigenvalue weighted by Gasteiger charge is -2.36. The van der Waals surface area contributed by atoms with Crippen LogP contribution < -0.4 is 11.1 Å². The second-order valence-electron chi connectivity index (χ2n) is 6.54. The van der Waals surface area contributed by atoms with Gasteiger partial charge in [0.25, 0.3) is 0 Å². The van der Waals surface area contributed by atoms with E-state index in [0.717, 1.165) is 19.3 Å². The molecule has 0 spiro atoms. The summed E-state index contributed by atoms with van der Waals surface area (Å²) in [4.78, 5) is 12.1. The first kappa shape index (κ1) is 15.5. The summed E-state index contributed by atoms with van der Waals surface area (Å²) >= 11 is 0. The minimum absolute atomic E-state index is 0.0832. The molecule has 1 atom stereocenters. The van der Waals surface area contributed by atoms with E-state index in [1.165, 1.54) is 19.3 Å². The van der Waals surface area contributed by atoms with Gasteiger partial charge < -0.3 is 11.1 Å². The van der Waals surface area contributed by atoms with Crippen molar-refractivity contribution in [1.82, 2.24) is 5.32 Å². The smallest absolute Gasteiger partial charge is 0.220 e. The Morgan fingerprint density at radius 2 is 1.83 bits per heavy atom. The summed E-state index contributed by atoms with van der Waals surface area (Å²) in [6.45, 7) is 7.11. The van der Waals surface area contributed by atoms with Gasteiger partial charge in [-0.2, -0.15) is 0 Å². The molecule has 0 aromatic rings. The van der Waals surface area contributed by atoms with Crippen LogP contribution in [0.5, 0.6) is 0 Å². The normalized spacial score (nSPS) is 20.7. The maximum absolute atomic E-state index is 12.1. The molecule has 0 radical (unpaired) electrons. The molecule has 1 rings (SSSR count). The molecule has 0 saturated heterocycles. The molecule has 1 unspecified atom stereocenters. The molecule has 1 amide bonds. The molecule has 3 nitrogen and oxygen atoms in total. The molecule has 3 heteroatoms. The van der Waals surface area contributed by atoms with E-state index in [9.17, 15) is 4.79 Å². The summed E-state index contributed by atoms with van der Waals surface area (Å²) in [5, 5.41) is 3.12. The number of rotatable bonds is 6. The van der Waals surface area contributed by atoms with Crippen molar-refractivity contribution in [3.05, 3.63) is 0 Å². The summed E-state index contributed by atoms with van der Waals surface area (Å²) in [5.74, 6) is 0.814. The Labute approximate surface area is 112 Å². The van der Waals surface area contributed by atoms with E-state index in [0.29, 0.717) is 18.9 Å². The molecular formula is C15H30N2O. The summed E-state index contributed by atoms with van der Waals surface area (Å²) in [5.41, 5.74) is 6.00. The first-order valence-corrected chi connectivity index (χ1v) is 7.47. The summed E-state index contributed by atoms with van der Waals surface area (Å²) in [6, 6.07) is 0.274. The third-order valence-electron chi connectivity index (χ3n) is 4.12. The van der Waals surface area contributed by atoms with Crippen LogP contribution >= 0.6 is 0 Å². The second kappa shape index (κ2) is 7.13. The molecule has 1 aliphatic rings. The highest BCUT2D eigenvalue weighted by Crippen LogP contribution is 2.38. The predicted molar refractivity (Wildman–Crippen MR) is 76.2 cm³/mol. The van der Waals surface area contributed by atoms with Crippen LogP contribution in [-0.2, 0) is 4.79 Å². The Kier molecular flexibility index (Phi) is 6.13. The molecule has 3 N–H and O–H groups in total. The first-order chi connectivity index (χ1) is 8.47. The SMILES string of the molecule is CC(C)CC(C)NC(=O)CC1(CN)CCCCC1. The van der Waals surface area contributed by atoms with Crippen molar-refractivity contribution in [2.45, 2.75) is 71.8 Å². The minimum Gasteiger partial charge on any atom is -0.354 e. The third-order valence-corrected chi connectivity index (χ3v) is 4.12. The fraction of sp³-hybridized carbons (Fsp3) is 0.933. The van der Waals surface area contributed by atoms with Crippen molar-refractivity contribution in [3.8, 4) is 0 Å². The first-order valence-electron chi connectivity index (χ1n) is 7.47. The molecule has 1 aliphatic carbocycles. The van der Waals surface area contributed by atoms with Crippen LogP contribution in [0.3, 0.4) is 0 Å². The Balaban J connectivity index is 2.42. The molecule has 0 bridgehead atoms. The Morgan fingerprint density at radius 1 is 1.22 bits per heavy atom. The topological polar surface area (TPSA) is 55.1 Å². The average molecular weight is 254 g/mol. The summed E-state index contributed by atoms with van der Waals surface area (Å²) in [7, 11) is 0. The molecule has 1 fully saturated rings. The number of nitrogens with two attached hydrogens (primary N) is 1. The van der Waals surface area contributed by atoms with Crippen LogP contribution in [0.15, 0.2) is 0 Å². The molecule has 0 aromatic carbocycles. The van der Waals surface area contributed by atoms with Gasteiger partial charge in [0.2, 0.25) is 5.91 Å². The van der Waals surface area contributed by atoms with Crippen LogP contribution in [-0.4, -0.2) is 18.5 Å². The molecule has 0 aromatic heterocycles. The van der Waals surface area contributed by atoms with Gasteiger partial charge in [0.1, 0.15) is 0 Å². The van der Waals surface area contributed by atoms with Gasteiger partial charge in [0.05, 0.1) is 0 Å². The number of nitrogens with one attached hydrogen (secondary N) is 1. The van der Waals surface area contributed by atoms with Crippen LogP contribution in [0.1, 0.15) is 65.7 Å². The van der Waals surface area contributed by atoms with Crippen molar-refractivity contribution in [1.29, 1.82) is 0 Å². The van der Waals surface area contributed by atoms with Gasteiger partial charge in [-0.05, 0) is 44.1 Å². The van der Waals surface area contributed by atoms with Crippen LogP contribution in [0.2, 0.25) is 0 Å². The molecule has 18 heavy (non-hydrogen) atoms. The zero-order valence-electron chi connectivity index (χ0n) is 12.3. The average Bonchev–Trinajstić information content (AvgIpc) is 2.28. The minimum atomic E-state index is 0.0832. The molecular weight excluding hydrogens is 224 g/mol. The van der Waals surface area contributed by atoms with Gasteiger partial charge >= 0.3 is 0 Å². The van der Waals surface area contributed by atoms with Crippen LogP contribution in [0.25, 0.3) is 0 Å². The van der Waals surface area contributed by atoms with Gasteiger partial charge in [-0.15, -0.1) is 0 Å². The maximum atomic E-state index is 12.1. The summed E-state index contributed by atoms with van der Waals surface area (Å²) < 4.78 is 0. The van der Waals surface area contributed by atoms with E-state index in [4.69, 9.17) is 5.73 Å². The number of carbonyl (C=O) groups is 1. The standard InChI is InChI=1S/C15H30N2O/c1-12(2)9-13(3)17-14(18)10-15(11-16)7-5-4-6-8-15/h12-13H,4-11,16H2,1-3H3,(H,17,18). The number of carbonyl (C=O) groups excluding carboxylic acids is 1. The van der Waals surface area contributed by atoms with Crippen molar-refractivity contribution in [2.75, 3.05) is 6.54 Å². The molecule has 0 heterocycles. The zero-order chi connectivity index (χ0) is 13.6. The van der Waals surface area contributed by atoms with Crippen LogP contribution in [0.4, 0.5) is 0 Å². The van der Waals surface area contributed by atoms with Crippen molar-refractivity contribution >= 4 is 5.91 Å². The monoisotopic (exact) mass is 254 g/mol. The van der Waals surface area contributed by atoms with E-state index in [2.05, 4.69) is 26.1 Å². The lowest BCUT2D eigenvalue weighted by atomic mass is 9.71. The Morgan fingerprint density at radius 3 is 2.33 bits per heavy atom. The zero-order valence-corrected chi connectivity index (χ0v) is 12.3. The second-order valence-corrected chi connectivity index (χ2v) is 6.54. The van der Waals surface area contributed by atoms with Crippen molar-refractivity contribution in [2.24, 2.45) is 17.1 Å². The van der Waals surface area contributed by atoms with E-state index >= 15 is 0 Å². The third kappa shape index (κ3) is 4.97. The highest BCUT2D eigenvalue weighted by molar-refractivity contribution is 5.77. The van der Waals surface area contributed by atoms with Gasteiger partial charge in [-0.25, -0.2) is 0 Å². The highest BCUT2D eigenvalue weighted by atomic mass is 16.1. The summed E-state index contributed by atoms with van der Waals surface area (Å²) in [6.07, 6.45) is 7.66. The molecule has 1 saturated carbocycles. The quantitative estimate of drug-likeness (QED) is 0.766. The fourth-order valence-electron chi connectivity index (χ4n) is 3.19. The lowest BCUT2D eigenvalue weighted by molar-refractivity contribution is -0.124. The Hall–Kier alpha value is -0.570. The number of amides is 1. The van der Waals surface area contributed by atoms with Gasteiger partial charge in [0.15, 0.2) is 0 Å². The van der Waals surface area contributed by atoms with Crippen LogP contribution in [0, 0.1) is 11.3 Å². The lowest BCUT2D eigenvalue weighted by Crippen LogP contribution is -2.41. The van der Waals surface area contributed by atoms with Gasteiger partial charge in [-0.1, -0.05) is 33.1 Å². The van der Waals surface area contributed by atoms with E-state index in [1.807, 2.05) is 0 Å². The number of hydrogen-bond acceptors (Lipinski definition) is 2. The molecule has 0 aliphatic heterocycles. The van der Waals surface area contributed by atoms with Gasteiger partial charge in [0, 0.05) is 12.5 Å². The number of hydrogen-bond donors (Lipinski definition) is 2. The van der Waals surface area contributed by atoms with E-state index < -0.39 is 0 Å². The Bertz CT molecular complexity index is 257. The largest absolute Gasteiger partial charge is 0.354 e. The van der Waals surface area contributed by atoms with E-state index in [-0.39, 0.29) is 17.4 Å². The predicted octanol–water partition coefficient (Wildman–Crippen LogP) is 2.84. The highest BCUT2D eigenvalue weighted by Gasteiger charge is 2.33. The fourth-order valence-corrected chi connectivity index (χ4v) is 3.19. The van der Waals surface area contributed by atoms with Gasteiger partial charge in [-0.3, -0.25) is 4.79 Å². The molecule has 106 valence electrons. The van der Waals surface area contributed by atoms with E-state index in [1.54, 1.807) is 0 Å². The maximum Gasteiger partial charge on any atom is 0.220 e.